The smallest absolute Gasteiger partial charge is 0.410 e. The van der Waals surface area contributed by atoms with Crippen LogP contribution in [0.4, 0.5) is 10.6 Å². The Morgan fingerprint density at radius 1 is 1.23 bits per heavy atom. The van der Waals surface area contributed by atoms with Gasteiger partial charge in [0.1, 0.15) is 11.4 Å². The van der Waals surface area contributed by atoms with E-state index in [2.05, 4.69) is 9.88 Å². The second-order valence-electron chi connectivity index (χ2n) is 7.15. The molecule has 2 saturated heterocycles. The van der Waals surface area contributed by atoms with E-state index in [-0.39, 0.29) is 6.09 Å². The van der Waals surface area contributed by atoms with Gasteiger partial charge in [0.2, 0.25) is 0 Å². The highest BCUT2D eigenvalue weighted by molar-refractivity contribution is 6.30. The largest absolute Gasteiger partial charge is 0.444 e. The summed E-state index contributed by atoms with van der Waals surface area (Å²) in [4.78, 5) is 20.6. The number of ether oxygens (including phenoxy) is 1. The monoisotopic (exact) mass is 323 g/mol. The first-order valence-corrected chi connectivity index (χ1v) is 8.04. The number of hydrogen-bond acceptors (Lipinski definition) is 4. The molecule has 120 valence electrons. The maximum atomic E-state index is 12.1. The normalized spacial score (nSPS) is 24.5. The number of aromatic nitrogens is 1. The Kier molecular flexibility index (Phi) is 3.93. The zero-order chi connectivity index (χ0) is 15.9. The summed E-state index contributed by atoms with van der Waals surface area (Å²) >= 11 is 5.88. The predicted molar refractivity (Wildman–Crippen MR) is 86.2 cm³/mol. The SMILES string of the molecule is CC(C)(C)OC(=O)N1CC2CN(c3ccc(Cl)cn3)CC2C1. The molecular weight excluding hydrogens is 302 g/mol. The topological polar surface area (TPSA) is 45.7 Å². The van der Waals surface area contributed by atoms with Gasteiger partial charge < -0.3 is 14.5 Å². The number of carbonyl (C=O) groups is 1. The molecule has 6 heteroatoms. The third kappa shape index (κ3) is 3.29. The zero-order valence-corrected chi connectivity index (χ0v) is 14.0. The van der Waals surface area contributed by atoms with Gasteiger partial charge in [-0.25, -0.2) is 9.78 Å². The molecular formula is C16H22ClN3O2. The molecule has 0 spiro atoms. The molecule has 1 aromatic rings. The molecule has 1 aromatic heterocycles. The highest BCUT2D eigenvalue weighted by atomic mass is 35.5. The van der Waals surface area contributed by atoms with Crippen LogP contribution in [0.3, 0.4) is 0 Å². The number of halogens is 1. The Morgan fingerprint density at radius 2 is 1.86 bits per heavy atom. The molecule has 0 aromatic carbocycles. The average molecular weight is 324 g/mol. The van der Waals surface area contributed by atoms with Crippen molar-refractivity contribution in [1.29, 1.82) is 0 Å². The Balaban J connectivity index is 1.58. The highest BCUT2D eigenvalue weighted by Gasteiger charge is 2.43. The van der Waals surface area contributed by atoms with Crippen LogP contribution in [0.15, 0.2) is 18.3 Å². The molecule has 0 aliphatic carbocycles. The predicted octanol–water partition coefficient (Wildman–Crippen LogP) is 3.04. The molecule has 22 heavy (non-hydrogen) atoms. The molecule has 2 unspecified atom stereocenters. The van der Waals surface area contributed by atoms with Gasteiger partial charge in [-0.3, -0.25) is 0 Å². The van der Waals surface area contributed by atoms with Gasteiger partial charge in [0, 0.05) is 44.2 Å². The van der Waals surface area contributed by atoms with Gasteiger partial charge in [0.15, 0.2) is 0 Å². The van der Waals surface area contributed by atoms with Crippen LogP contribution >= 0.6 is 11.6 Å². The molecule has 0 N–H and O–H groups in total. The molecule has 2 fully saturated rings. The maximum Gasteiger partial charge on any atom is 0.410 e. The molecule has 3 rings (SSSR count). The quantitative estimate of drug-likeness (QED) is 0.797. The van der Waals surface area contributed by atoms with Crippen molar-refractivity contribution >= 4 is 23.5 Å². The minimum Gasteiger partial charge on any atom is -0.444 e. The van der Waals surface area contributed by atoms with Gasteiger partial charge in [-0.05, 0) is 32.9 Å². The van der Waals surface area contributed by atoms with E-state index in [1.807, 2.05) is 37.8 Å². The van der Waals surface area contributed by atoms with Crippen LogP contribution in [0.2, 0.25) is 5.02 Å². The minimum atomic E-state index is -0.436. The van der Waals surface area contributed by atoms with Crippen LogP contribution in [0.1, 0.15) is 20.8 Å². The number of nitrogens with zero attached hydrogens (tertiary/aromatic N) is 3. The average Bonchev–Trinajstić information content (AvgIpc) is 2.95. The summed E-state index contributed by atoms with van der Waals surface area (Å²) < 4.78 is 5.46. The number of amides is 1. The molecule has 2 atom stereocenters. The fourth-order valence-electron chi connectivity index (χ4n) is 3.21. The van der Waals surface area contributed by atoms with Gasteiger partial charge in [0.05, 0.1) is 5.02 Å². The molecule has 0 bridgehead atoms. The van der Waals surface area contributed by atoms with Crippen molar-refractivity contribution in [3.8, 4) is 0 Å². The molecule has 0 saturated carbocycles. The third-order valence-electron chi connectivity index (χ3n) is 4.17. The van der Waals surface area contributed by atoms with E-state index in [4.69, 9.17) is 16.3 Å². The maximum absolute atomic E-state index is 12.1. The highest BCUT2D eigenvalue weighted by Crippen LogP contribution is 2.34. The van der Waals surface area contributed by atoms with E-state index in [9.17, 15) is 4.79 Å². The summed E-state index contributed by atoms with van der Waals surface area (Å²) in [7, 11) is 0. The number of carbonyl (C=O) groups excluding carboxylic acids is 1. The summed E-state index contributed by atoms with van der Waals surface area (Å²) in [6.07, 6.45) is 1.48. The Bertz CT molecular complexity index is 542. The Hall–Kier alpha value is -1.49. The van der Waals surface area contributed by atoms with Gasteiger partial charge >= 0.3 is 6.09 Å². The van der Waals surface area contributed by atoms with E-state index < -0.39 is 5.60 Å². The second kappa shape index (κ2) is 5.61. The van der Waals surface area contributed by atoms with E-state index in [1.165, 1.54) is 0 Å². The van der Waals surface area contributed by atoms with Crippen LogP contribution in [-0.4, -0.2) is 47.8 Å². The lowest BCUT2D eigenvalue weighted by Crippen LogP contribution is -2.37. The Labute approximate surface area is 136 Å². The van der Waals surface area contributed by atoms with Crippen molar-refractivity contribution in [3.05, 3.63) is 23.4 Å². The van der Waals surface area contributed by atoms with Crippen LogP contribution < -0.4 is 4.90 Å². The molecule has 2 aliphatic heterocycles. The summed E-state index contributed by atoms with van der Waals surface area (Å²) in [6, 6.07) is 3.82. The van der Waals surface area contributed by atoms with Gasteiger partial charge in [-0.15, -0.1) is 0 Å². The van der Waals surface area contributed by atoms with Crippen LogP contribution in [-0.2, 0) is 4.74 Å². The van der Waals surface area contributed by atoms with Crippen LogP contribution in [0.25, 0.3) is 0 Å². The number of anilines is 1. The zero-order valence-electron chi connectivity index (χ0n) is 13.3. The van der Waals surface area contributed by atoms with Crippen molar-refractivity contribution in [3.63, 3.8) is 0 Å². The first kappa shape index (κ1) is 15.4. The fraction of sp³-hybridized carbons (Fsp3) is 0.625. The van der Waals surface area contributed by atoms with Crippen LogP contribution in [0, 0.1) is 11.8 Å². The first-order chi connectivity index (χ1) is 10.3. The standard InChI is InChI=1S/C16H22ClN3O2/c1-16(2,3)22-15(21)20-9-11-7-19(8-12(11)10-20)14-5-4-13(17)6-18-14/h4-6,11-12H,7-10H2,1-3H3. The van der Waals surface area contributed by atoms with Crippen molar-refractivity contribution in [2.75, 3.05) is 31.1 Å². The van der Waals surface area contributed by atoms with E-state index in [0.29, 0.717) is 16.9 Å². The lowest BCUT2D eigenvalue weighted by atomic mass is 10.0. The van der Waals surface area contributed by atoms with Gasteiger partial charge in [0.25, 0.3) is 0 Å². The second-order valence-corrected chi connectivity index (χ2v) is 7.58. The first-order valence-electron chi connectivity index (χ1n) is 7.66. The molecule has 2 aliphatic rings. The molecule has 0 radical (unpaired) electrons. The van der Waals surface area contributed by atoms with Crippen molar-refractivity contribution in [2.45, 2.75) is 26.4 Å². The van der Waals surface area contributed by atoms with Crippen molar-refractivity contribution < 1.29 is 9.53 Å². The molecule has 3 heterocycles. The van der Waals surface area contributed by atoms with E-state index in [1.54, 1.807) is 6.20 Å². The number of hydrogen-bond donors (Lipinski definition) is 0. The van der Waals surface area contributed by atoms with Gasteiger partial charge in [-0.2, -0.15) is 0 Å². The lowest BCUT2D eigenvalue weighted by molar-refractivity contribution is 0.0282. The molecule has 1 amide bonds. The number of pyridine rings is 1. The van der Waals surface area contributed by atoms with E-state index in [0.717, 1.165) is 32.0 Å². The lowest BCUT2D eigenvalue weighted by Gasteiger charge is -2.26. The molecule has 5 nitrogen and oxygen atoms in total. The number of rotatable bonds is 1. The van der Waals surface area contributed by atoms with Gasteiger partial charge in [-0.1, -0.05) is 11.6 Å². The van der Waals surface area contributed by atoms with E-state index >= 15 is 0 Å². The summed E-state index contributed by atoms with van der Waals surface area (Å²) in [5, 5.41) is 0.652. The Morgan fingerprint density at radius 3 is 2.36 bits per heavy atom. The van der Waals surface area contributed by atoms with Crippen molar-refractivity contribution in [1.82, 2.24) is 9.88 Å². The minimum absolute atomic E-state index is 0.196. The summed E-state index contributed by atoms with van der Waals surface area (Å²) in [6.45, 7) is 9.09. The summed E-state index contributed by atoms with van der Waals surface area (Å²) in [5.41, 5.74) is -0.436. The fourth-order valence-corrected chi connectivity index (χ4v) is 3.32. The summed E-state index contributed by atoms with van der Waals surface area (Å²) in [5.74, 6) is 1.94. The number of fused-ring (bicyclic) bond motifs is 1. The van der Waals surface area contributed by atoms with Crippen LogP contribution in [0.5, 0.6) is 0 Å². The third-order valence-corrected chi connectivity index (χ3v) is 4.40. The number of likely N-dealkylation sites (tertiary alicyclic amines) is 1. The van der Waals surface area contributed by atoms with Crippen molar-refractivity contribution in [2.24, 2.45) is 11.8 Å².